The summed E-state index contributed by atoms with van der Waals surface area (Å²) in [4.78, 5) is 12.3. The first-order valence-corrected chi connectivity index (χ1v) is 7.79. The summed E-state index contributed by atoms with van der Waals surface area (Å²) in [6.07, 6.45) is 1.34. The Kier molecular flexibility index (Phi) is 4.78. The SMILES string of the molecule is Cc1c(Cl)cccc1NC(=O)/C(C#N)=C\Nc1ccc2c(c1)OCO2. The van der Waals surface area contributed by atoms with E-state index < -0.39 is 5.91 Å². The Labute approximate surface area is 149 Å². The summed E-state index contributed by atoms with van der Waals surface area (Å²) in [5, 5.41) is 15.4. The second kappa shape index (κ2) is 7.16. The molecule has 0 fully saturated rings. The molecule has 6 nitrogen and oxygen atoms in total. The molecular formula is C18H14ClN3O3. The fraction of sp³-hybridized carbons (Fsp3) is 0.111. The van der Waals surface area contributed by atoms with Gasteiger partial charge in [-0.1, -0.05) is 17.7 Å². The molecule has 0 radical (unpaired) electrons. The van der Waals surface area contributed by atoms with Gasteiger partial charge in [0.1, 0.15) is 11.6 Å². The first kappa shape index (κ1) is 16.7. The van der Waals surface area contributed by atoms with E-state index in [9.17, 15) is 10.1 Å². The van der Waals surface area contributed by atoms with E-state index in [2.05, 4.69) is 10.6 Å². The van der Waals surface area contributed by atoms with Crippen molar-refractivity contribution in [1.29, 1.82) is 5.26 Å². The van der Waals surface area contributed by atoms with E-state index in [0.29, 0.717) is 27.9 Å². The summed E-state index contributed by atoms with van der Waals surface area (Å²) in [6, 6.07) is 12.3. The van der Waals surface area contributed by atoms with E-state index in [1.807, 2.05) is 6.07 Å². The first-order valence-electron chi connectivity index (χ1n) is 7.41. The van der Waals surface area contributed by atoms with E-state index in [0.717, 1.165) is 5.56 Å². The predicted octanol–water partition coefficient (Wildman–Crippen LogP) is 3.84. The number of hydrogen-bond acceptors (Lipinski definition) is 5. The van der Waals surface area contributed by atoms with Crippen molar-refractivity contribution in [2.75, 3.05) is 17.4 Å². The van der Waals surface area contributed by atoms with Crippen molar-refractivity contribution in [2.45, 2.75) is 6.92 Å². The molecule has 1 heterocycles. The quantitative estimate of drug-likeness (QED) is 0.643. The van der Waals surface area contributed by atoms with E-state index in [-0.39, 0.29) is 12.4 Å². The van der Waals surface area contributed by atoms with Crippen molar-refractivity contribution in [2.24, 2.45) is 0 Å². The summed E-state index contributed by atoms with van der Waals surface area (Å²) in [6.45, 7) is 1.97. The van der Waals surface area contributed by atoms with E-state index in [1.54, 1.807) is 43.3 Å². The maximum absolute atomic E-state index is 12.3. The molecule has 0 saturated carbocycles. The Bertz CT molecular complexity index is 903. The zero-order valence-corrected chi connectivity index (χ0v) is 14.1. The monoisotopic (exact) mass is 355 g/mol. The molecule has 2 aromatic carbocycles. The number of carbonyl (C=O) groups is 1. The van der Waals surface area contributed by atoms with Crippen molar-refractivity contribution in [3.05, 3.63) is 58.8 Å². The highest BCUT2D eigenvalue weighted by molar-refractivity contribution is 6.31. The topological polar surface area (TPSA) is 83.4 Å². The molecule has 126 valence electrons. The van der Waals surface area contributed by atoms with Crippen molar-refractivity contribution in [3.63, 3.8) is 0 Å². The molecule has 25 heavy (non-hydrogen) atoms. The third kappa shape index (κ3) is 3.67. The van der Waals surface area contributed by atoms with E-state index in [4.69, 9.17) is 21.1 Å². The summed E-state index contributed by atoms with van der Waals surface area (Å²) in [5.41, 5.74) is 1.89. The van der Waals surface area contributed by atoms with Gasteiger partial charge in [0.05, 0.1) is 0 Å². The highest BCUT2D eigenvalue weighted by atomic mass is 35.5. The van der Waals surface area contributed by atoms with Crippen LogP contribution in [0, 0.1) is 18.3 Å². The maximum atomic E-state index is 12.3. The largest absolute Gasteiger partial charge is 0.454 e. The van der Waals surface area contributed by atoms with Crippen LogP contribution < -0.4 is 20.1 Å². The van der Waals surface area contributed by atoms with Crippen LogP contribution in [-0.2, 0) is 4.79 Å². The molecule has 1 amide bonds. The lowest BCUT2D eigenvalue weighted by atomic mass is 10.2. The van der Waals surface area contributed by atoms with Crippen LogP contribution in [0.4, 0.5) is 11.4 Å². The number of hydrogen-bond donors (Lipinski definition) is 2. The lowest BCUT2D eigenvalue weighted by molar-refractivity contribution is -0.112. The van der Waals surface area contributed by atoms with Crippen molar-refractivity contribution in [1.82, 2.24) is 0 Å². The Hall–Kier alpha value is -3.17. The third-order valence-corrected chi connectivity index (χ3v) is 4.05. The second-order valence-corrected chi connectivity index (χ2v) is 5.66. The number of amides is 1. The van der Waals surface area contributed by atoms with Gasteiger partial charge in [0.25, 0.3) is 5.91 Å². The normalized spacial score (nSPS) is 12.4. The zero-order chi connectivity index (χ0) is 17.8. The summed E-state index contributed by atoms with van der Waals surface area (Å²) in [7, 11) is 0. The molecule has 1 aliphatic heterocycles. The van der Waals surface area contributed by atoms with Gasteiger partial charge < -0.3 is 20.1 Å². The lowest BCUT2D eigenvalue weighted by Gasteiger charge is -2.09. The van der Waals surface area contributed by atoms with Crippen LogP contribution in [0.5, 0.6) is 11.5 Å². The van der Waals surface area contributed by atoms with Crippen molar-refractivity contribution < 1.29 is 14.3 Å². The molecule has 3 rings (SSSR count). The Morgan fingerprint density at radius 1 is 1.28 bits per heavy atom. The van der Waals surface area contributed by atoms with Crippen LogP contribution in [-0.4, -0.2) is 12.7 Å². The summed E-state index contributed by atoms with van der Waals surface area (Å²) < 4.78 is 10.5. The van der Waals surface area contributed by atoms with Crippen molar-refractivity contribution >= 4 is 28.9 Å². The second-order valence-electron chi connectivity index (χ2n) is 5.25. The van der Waals surface area contributed by atoms with Crippen LogP contribution in [0.15, 0.2) is 48.2 Å². The Morgan fingerprint density at radius 2 is 2.08 bits per heavy atom. The van der Waals surface area contributed by atoms with E-state index in [1.165, 1.54) is 6.20 Å². The number of nitrogens with zero attached hydrogens (tertiary/aromatic N) is 1. The van der Waals surface area contributed by atoms with E-state index >= 15 is 0 Å². The summed E-state index contributed by atoms with van der Waals surface area (Å²) in [5.74, 6) is 0.737. The van der Waals surface area contributed by atoms with Gasteiger partial charge in [0.2, 0.25) is 6.79 Å². The molecule has 0 unspecified atom stereocenters. The Morgan fingerprint density at radius 3 is 2.88 bits per heavy atom. The van der Waals surface area contributed by atoms with Gasteiger partial charge in [-0.15, -0.1) is 0 Å². The van der Waals surface area contributed by atoms with Gasteiger partial charge in [-0.2, -0.15) is 5.26 Å². The highest BCUT2D eigenvalue weighted by Gasteiger charge is 2.14. The number of fused-ring (bicyclic) bond motifs is 1. The minimum atomic E-state index is -0.527. The van der Waals surface area contributed by atoms with Gasteiger partial charge in [0, 0.05) is 28.7 Å². The van der Waals surface area contributed by atoms with Gasteiger partial charge in [-0.25, -0.2) is 0 Å². The molecule has 2 N–H and O–H groups in total. The maximum Gasteiger partial charge on any atom is 0.267 e. The fourth-order valence-corrected chi connectivity index (χ4v) is 2.40. The molecular weight excluding hydrogens is 342 g/mol. The number of rotatable bonds is 4. The number of nitriles is 1. The van der Waals surface area contributed by atoms with Crippen molar-refractivity contribution in [3.8, 4) is 17.6 Å². The van der Waals surface area contributed by atoms with Gasteiger partial charge in [-0.05, 0) is 36.8 Å². The lowest BCUT2D eigenvalue weighted by Crippen LogP contribution is -2.15. The first-order chi connectivity index (χ1) is 12.1. The smallest absolute Gasteiger partial charge is 0.267 e. The molecule has 0 spiro atoms. The number of nitrogens with one attached hydrogen (secondary N) is 2. The van der Waals surface area contributed by atoms with Crippen LogP contribution in [0.25, 0.3) is 0 Å². The number of ether oxygens (including phenoxy) is 2. The summed E-state index contributed by atoms with van der Waals surface area (Å²) >= 11 is 6.03. The average Bonchev–Trinajstić information content (AvgIpc) is 3.07. The fourth-order valence-electron chi connectivity index (χ4n) is 2.22. The molecule has 2 aromatic rings. The minimum Gasteiger partial charge on any atom is -0.454 e. The standard InChI is InChI=1S/C18H14ClN3O3/c1-11-14(19)3-2-4-15(11)22-18(23)12(8-20)9-21-13-5-6-16-17(7-13)25-10-24-16/h2-7,9,21H,10H2,1H3,(H,22,23)/b12-9-. The van der Waals surface area contributed by atoms with Crippen LogP contribution in [0.2, 0.25) is 5.02 Å². The number of anilines is 2. The third-order valence-electron chi connectivity index (χ3n) is 3.64. The number of benzene rings is 2. The van der Waals surface area contributed by atoms with Crippen LogP contribution in [0.1, 0.15) is 5.56 Å². The number of carbonyl (C=O) groups excluding carboxylic acids is 1. The average molecular weight is 356 g/mol. The van der Waals surface area contributed by atoms with Gasteiger partial charge in [-0.3, -0.25) is 4.79 Å². The van der Waals surface area contributed by atoms with Crippen LogP contribution in [0.3, 0.4) is 0 Å². The molecule has 0 aliphatic carbocycles. The molecule has 7 heteroatoms. The van der Waals surface area contributed by atoms with Crippen LogP contribution >= 0.6 is 11.6 Å². The molecule has 0 aromatic heterocycles. The molecule has 0 saturated heterocycles. The molecule has 1 aliphatic rings. The zero-order valence-electron chi connectivity index (χ0n) is 13.3. The minimum absolute atomic E-state index is 0.0722. The number of halogens is 1. The molecule has 0 bridgehead atoms. The van der Waals surface area contributed by atoms with Gasteiger partial charge >= 0.3 is 0 Å². The van der Waals surface area contributed by atoms with Gasteiger partial charge in [0.15, 0.2) is 11.5 Å². The molecule has 0 atom stereocenters. The highest BCUT2D eigenvalue weighted by Crippen LogP contribution is 2.34. The Balaban J connectivity index is 1.73. The predicted molar refractivity (Wildman–Crippen MR) is 94.7 cm³/mol.